The van der Waals surface area contributed by atoms with Gasteiger partial charge in [0.2, 0.25) is 10.0 Å². The SMILES string of the molecule is Cc1nc2c(c(Nc3ccccn3)n1)CCN(S(C)(=O)=O)C2. The van der Waals surface area contributed by atoms with Crippen LogP contribution < -0.4 is 5.32 Å². The highest BCUT2D eigenvalue weighted by Crippen LogP contribution is 2.26. The Kier molecular flexibility index (Phi) is 3.79. The molecule has 1 aliphatic rings. The number of anilines is 2. The molecule has 1 N–H and O–H groups in total. The summed E-state index contributed by atoms with van der Waals surface area (Å²) in [6.07, 6.45) is 3.51. The number of nitrogens with zero attached hydrogens (tertiary/aromatic N) is 4. The van der Waals surface area contributed by atoms with E-state index in [4.69, 9.17) is 0 Å². The lowest BCUT2D eigenvalue weighted by Gasteiger charge is -2.27. The van der Waals surface area contributed by atoms with Crippen LogP contribution in [0.15, 0.2) is 24.4 Å². The van der Waals surface area contributed by atoms with Crippen LogP contribution in [0.5, 0.6) is 0 Å². The van der Waals surface area contributed by atoms with Gasteiger partial charge in [-0.05, 0) is 25.5 Å². The molecule has 0 unspecified atom stereocenters. The van der Waals surface area contributed by atoms with Crippen molar-refractivity contribution in [2.24, 2.45) is 0 Å². The van der Waals surface area contributed by atoms with Gasteiger partial charge in [0.05, 0.1) is 18.5 Å². The monoisotopic (exact) mass is 319 g/mol. The highest BCUT2D eigenvalue weighted by Gasteiger charge is 2.26. The van der Waals surface area contributed by atoms with Crippen LogP contribution in [0.1, 0.15) is 17.1 Å². The molecule has 7 nitrogen and oxygen atoms in total. The van der Waals surface area contributed by atoms with Gasteiger partial charge in [-0.15, -0.1) is 0 Å². The second kappa shape index (κ2) is 5.62. The maximum Gasteiger partial charge on any atom is 0.211 e. The molecule has 0 aliphatic carbocycles. The van der Waals surface area contributed by atoms with Gasteiger partial charge in [-0.3, -0.25) is 0 Å². The molecular weight excluding hydrogens is 302 g/mol. The zero-order valence-corrected chi connectivity index (χ0v) is 13.3. The molecule has 3 heterocycles. The Morgan fingerprint density at radius 2 is 2.09 bits per heavy atom. The van der Waals surface area contributed by atoms with Gasteiger partial charge in [0, 0.05) is 18.3 Å². The van der Waals surface area contributed by atoms with Crippen LogP contribution in [-0.4, -0.2) is 40.5 Å². The third-order valence-corrected chi connectivity index (χ3v) is 4.77. The Labute approximate surface area is 129 Å². The topological polar surface area (TPSA) is 88.1 Å². The van der Waals surface area contributed by atoms with Crippen LogP contribution >= 0.6 is 0 Å². The van der Waals surface area contributed by atoms with Crippen LogP contribution in [0, 0.1) is 6.92 Å². The molecule has 0 spiro atoms. The molecule has 0 bridgehead atoms. The van der Waals surface area contributed by atoms with Gasteiger partial charge in [-0.25, -0.2) is 23.4 Å². The largest absolute Gasteiger partial charge is 0.325 e. The van der Waals surface area contributed by atoms with Crippen molar-refractivity contribution in [2.75, 3.05) is 18.1 Å². The second-order valence-electron chi connectivity index (χ2n) is 5.23. The first-order valence-electron chi connectivity index (χ1n) is 6.93. The van der Waals surface area contributed by atoms with E-state index in [9.17, 15) is 8.42 Å². The smallest absolute Gasteiger partial charge is 0.211 e. The van der Waals surface area contributed by atoms with E-state index in [-0.39, 0.29) is 6.54 Å². The lowest BCUT2D eigenvalue weighted by atomic mass is 10.1. The second-order valence-corrected chi connectivity index (χ2v) is 7.21. The molecule has 8 heteroatoms. The van der Waals surface area contributed by atoms with E-state index in [2.05, 4.69) is 20.3 Å². The highest BCUT2D eigenvalue weighted by atomic mass is 32.2. The van der Waals surface area contributed by atoms with Gasteiger partial charge < -0.3 is 5.32 Å². The van der Waals surface area contributed by atoms with Gasteiger partial charge in [0.1, 0.15) is 17.5 Å². The van der Waals surface area contributed by atoms with E-state index < -0.39 is 10.0 Å². The number of rotatable bonds is 3. The Bertz CT molecular complexity index is 792. The van der Waals surface area contributed by atoms with Crippen LogP contribution in [0.4, 0.5) is 11.6 Å². The van der Waals surface area contributed by atoms with Gasteiger partial charge in [0.25, 0.3) is 0 Å². The average Bonchev–Trinajstić information content (AvgIpc) is 2.46. The third-order valence-electron chi connectivity index (χ3n) is 3.52. The number of fused-ring (bicyclic) bond motifs is 1. The van der Waals surface area contributed by atoms with Crippen molar-refractivity contribution in [3.8, 4) is 0 Å². The van der Waals surface area contributed by atoms with Gasteiger partial charge >= 0.3 is 0 Å². The fourth-order valence-corrected chi connectivity index (χ4v) is 3.25. The van der Waals surface area contributed by atoms with Crippen LogP contribution in [0.3, 0.4) is 0 Å². The fourth-order valence-electron chi connectivity index (χ4n) is 2.47. The van der Waals surface area contributed by atoms with Crippen LogP contribution in [-0.2, 0) is 23.0 Å². The summed E-state index contributed by atoms with van der Waals surface area (Å²) in [5.41, 5.74) is 1.71. The summed E-state index contributed by atoms with van der Waals surface area (Å²) in [7, 11) is -3.21. The molecule has 1 aliphatic heterocycles. The fraction of sp³-hybridized carbons (Fsp3) is 0.357. The molecule has 0 saturated carbocycles. The quantitative estimate of drug-likeness (QED) is 0.916. The minimum atomic E-state index is -3.21. The summed E-state index contributed by atoms with van der Waals surface area (Å²) in [5, 5.41) is 3.20. The van der Waals surface area contributed by atoms with E-state index >= 15 is 0 Å². The maximum absolute atomic E-state index is 11.7. The maximum atomic E-state index is 11.7. The molecule has 2 aromatic rings. The molecule has 0 fully saturated rings. The van der Waals surface area contributed by atoms with Crippen LogP contribution in [0.2, 0.25) is 0 Å². The minimum Gasteiger partial charge on any atom is -0.325 e. The normalized spacial score (nSPS) is 15.4. The predicted molar refractivity (Wildman–Crippen MR) is 83.2 cm³/mol. The number of sulfonamides is 1. The van der Waals surface area contributed by atoms with E-state index in [0.717, 1.165) is 11.3 Å². The van der Waals surface area contributed by atoms with Gasteiger partial charge in [0.15, 0.2) is 0 Å². The lowest BCUT2D eigenvalue weighted by Crippen LogP contribution is -2.36. The first kappa shape index (κ1) is 14.9. The molecule has 0 saturated heterocycles. The third kappa shape index (κ3) is 3.07. The predicted octanol–water partition coefficient (Wildman–Crippen LogP) is 1.24. The number of pyridine rings is 1. The summed E-state index contributed by atoms with van der Waals surface area (Å²) in [6, 6.07) is 5.59. The molecule has 22 heavy (non-hydrogen) atoms. The lowest BCUT2D eigenvalue weighted by molar-refractivity contribution is 0.388. The zero-order valence-electron chi connectivity index (χ0n) is 12.4. The Morgan fingerprint density at radius 1 is 1.27 bits per heavy atom. The first-order valence-corrected chi connectivity index (χ1v) is 8.78. The molecular formula is C14H17N5O2S. The summed E-state index contributed by atoms with van der Waals surface area (Å²) < 4.78 is 24.9. The summed E-state index contributed by atoms with van der Waals surface area (Å²) in [4.78, 5) is 13.1. The van der Waals surface area contributed by atoms with Crippen molar-refractivity contribution < 1.29 is 8.42 Å². The van der Waals surface area contributed by atoms with E-state index in [1.54, 1.807) is 13.1 Å². The minimum absolute atomic E-state index is 0.286. The molecule has 0 aromatic carbocycles. The Hall–Kier alpha value is -2.06. The summed E-state index contributed by atoms with van der Waals surface area (Å²) >= 11 is 0. The van der Waals surface area contributed by atoms with Crippen molar-refractivity contribution in [1.29, 1.82) is 0 Å². The van der Waals surface area contributed by atoms with E-state index in [1.165, 1.54) is 10.6 Å². The summed E-state index contributed by atoms with van der Waals surface area (Å²) in [6.45, 7) is 2.52. The van der Waals surface area contributed by atoms with Crippen molar-refractivity contribution >= 4 is 21.7 Å². The zero-order chi connectivity index (χ0) is 15.7. The molecule has 0 atom stereocenters. The van der Waals surface area contributed by atoms with Crippen LogP contribution in [0.25, 0.3) is 0 Å². The van der Waals surface area contributed by atoms with Crippen molar-refractivity contribution in [1.82, 2.24) is 19.3 Å². The van der Waals surface area contributed by atoms with Crippen molar-refractivity contribution in [3.63, 3.8) is 0 Å². The Balaban J connectivity index is 1.96. The molecule has 0 amide bonds. The van der Waals surface area contributed by atoms with Gasteiger partial charge in [-0.1, -0.05) is 6.07 Å². The van der Waals surface area contributed by atoms with Gasteiger partial charge in [-0.2, -0.15) is 4.31 Å². The number of aromatic nitrogens is 3. The standard InChI is InChI=1S/C14H17N5O2S/c1-10-16-12-9-19(22(2,20)21)8-6-11(12)14(17-10)18-13-5-3-4-7-15-13/h3-5,7H,6,8-9H2,1-2H3,(H,15,16,17,18). The van der Waals surface area contributed by atoms with E-state index in [1.807, 2.05) is 18.2 Å². The molecule has 0 radical (unpaired) electrons. The number of hydrogen-bond donors (Lipinski definition) is 1. The van der Waals surface area contributed by atoms with E-state index in [0.29, 0.717) is 30.4 Å². The molecule has 3 rings (SSSR count). The number of nitrogens with one attached hydrogen (secondary N) is 1. The number of aryl methyl sites for hydroxylation is 1. The first-order chi connectivity index (χ1) is 10.4. The van der Waals surface area contributed by atoms with Crippen molar-refractivity contribution in [2.45, 2.75) is 19.9 Å². The molecule has 116 valence electrons. The highest BCUT2D eigenvalue weighted by molar-refractivity contribution is 7.88. The number of hydrogen-bond acceptors (Lipinski definition) is 6. The summed E-state index contributed by atoms with van der Waals surface area (Å²) in [5.74, 6) is 2.01. The Morgan fingerprint density at radius 3 is 2.77 bits per heavy atom. The average molecular weight is 319 g/mol. The van der Waals surface area contributed by atoms with Crippen molar-refractivity contribution in [3.05, 3.63) is 41.5 Å². The molecule has 2 aromatic heterocycles.